The van der Waals surface area contributed by atoms with Gasteiger partial charge in [0.2, 0.25) is 0 Å². The number of carbonyl (C=O) groups excluding carboxylic acids is 1. The first kappa shape index (κ1) is 16.9. The van der Waals surface area contributed by atoms with E-state index in [1.165, 1.54) is 12.1 Å². The lowest BCUT2D eigenvalue weighted by Gasteiger charge is -2.24. The highest BCUT2D eigenvalue weighted by Crippen LogP contribution is 2.23. The van der Waals surface area contributed by atoms with E-state index in [9.17, 15) is 14.9 Å². The minimum atomic E-state index is -0.624. The van der Waals surface area contributed by atoms with Gasteiger partial charge in [-0.25, -0.2) is 4.79 Å². The number of non-ortho nitro benzene ring substituents is 1. The van der Waals surface area contributed by atoms with Crippen LogP contribution in [0.2, 0.25) is 0 Å². The molecule has 0 heterocycles. The summed E-state index contributed by atoms with van der Waals surface area (Å²) < 4.78 is 5.17. The van der Waals surface area contributed by atoms with Gasteiger partial charge in [0, 0.05) is 18.7 Å². The van der Waals surface area contributed by atoms with Gasteiger partial charge in [-0.1, -0.05) is 6.07 Å². The van der Waals surface area contributed by atoms with E-state index in [1.807, 2.05) is 0 Å². The van der Waals surface area contributed by atoms with Crippen molar-refractivity contribution in [2.45, 2.75) is 39.3 Å². The molecule has 0 aromatic heterocycles. The van der Waals surface area contributed by atoms with Gasteiger partial charge in [0.15, 0.2) is 0 Å². The van der Waals surface area contributed by atoms with Gasteiger partial charge in [-0.05, 0) is 38.8 Å². The lowest BCUT2D eigenvalue weighted by Crippen LogP contribution is -2.38. The highest BCUT2D eigenvalue weighted by Gasteiger charge is 2.22. The number of hydrogen-bond acceptors (Lipinski definition) is 5. The summed E-state index contributed by atoms with van der Waals surface area (Å²) in [7, 11) is 0. The zero-order valence-electron chi connectivity index (χ0n) is 12.7. The van der Waals surface area contributed by atoms with Crippen molar-refractivity contribution in [2.75, 3.05) is 6.54 Å². The Labute approximate surface area is 123 Å². The average molecular weight is 295 g/mol. The number of nitro benzene ring substituents is 1. The van der Waals surface area contributed by atoms with Crippen molar-refractivity contribution in [1.29, 1.82) is 0 Å². The fourth-order valence-corrected chi connectivity index (χ4v) is 1.83. The maximum absolute atomic E-state index is 11.8. The van der Waals surface area contributed by atoms with Crippen molar-refractivity contribution in [3.05, 3.63) is 39.4 Å². The molecule has 116 valence electrons. The maximum Gasteiger partial charge on any atom is 0.408 e. The SMILES string of the molecule is Cc1ccc([N+](=O)[O-])cc1C(CN)NC(=O)OC(C)(C)C. The third-order valence-electron chi connectivity index (χ3n) is 2.78. The van der Waals surface area contributed by atoms with E-state index in [-0.39, 0.29) is 12.2 Å². The number of carbonyl (C=O) groups is 1. The second-order valence-corrected chi connectivity index (χ2v) is 5.73. The smallest absolute Gasteiger partial charge is 0.408 e. The molecule has 0 fully saturated rings. The van der Waals surface area contributed by atoms with Gasteiger partial charge >= 0.3 is 6.09 Å². The summed E-state index contributed by atoms with van der Waals surface area (Å²) in [6.45, 7) is 7.17. The van der Waals surface area contributed by atoms with E-state index in [1.54, 1.807) is 33.8 Å². The van der Waals surface area contributed by atoms with Crippen LogP contribution in [0.1, 0.15) is 37.9 Å². The number of nitro groups is 1. The molecule has 1 atom stereocenters. The monoisotopic (exact) mass is 295 g/mol. The summed E-state index contributed by atoms with van der Waals surface area (Å²) in [5.74, 6) is 0. The van der Waals surface area contributed by atoms with Gasteiger partial charge in [0.05, 0.1) is 11.0 Å². The molecule has 1 amide bonds. The Morgan fingerprint density at radius 1 is 1.48 bits per heavy atom. The molecule has 3 N–H and O–H groups in total. The molecule has 0 spiro atoms. The van der Waals surface area contributed by atoms with E-state index in [2.05, 4.69) is 5.32 Å². The van der Waals surface area contributed by atoms with Crippen LogP contribution >= 0.6 is 0 Å². The van der Waals surface area contributed by atoms with Crippen molar-refractivity contribution in [3.63, 3.8) is 0 Å². The number of alkyl carbamates (subject to hydrolysis) is 1. The molecule has 0 bridgehead atoms. The van der Waals surface area contributed by atoms with E-state index in [0.717, 1.165) is 5.56 Å². The van der Waals surface area contributed by atoms with E-state index in [0.29, 0.717) is 5.56 Å². The lowest BCUT2D eigenvalue weighted by atomic mass is 10.0. The predicted molar refractivity (Wildman–Crippen MR) is 79.0 cm³/mol. The fourth-order valence-electron chi connectivity index (χ4n) is 1.83. The first-order valence-electron chi connectivity index (χ1n) is 6.58. The number of rotatable bonds is 4. The number of hydrogen-bond donors (Lipinski definition) is 2. The molecular formula is C14H21N3O4. The molecule has 1 aromatic carbocycles. The Balaban J connectivity index is 2.97. The van der Waals surface area contributed by atoms with Crippen LogP contribution in [-0.2, 0) is 4.74 Å². The third kappa shape index (κ3) is 5.03. The topological polar surface area (TPSA) is 107 Å². The van der Waals surface area contributed by atoms with Crippen LogP contribution in [0, 0.1) is 17.0 Å². The average Bonchev–Trinajstić information content (AvgIpc) is 2.34. The largest absolute Gasteiger partial charge is 0.444 e. The number of nitrogens with one attached hydrogen (secondary N) is 1. The van der Waals surface area contributed by atoms with Gasteiger partial charge in [-0.2, -0.15) is 0 Å². The summed E-state index contributed by atoms with van der Waals surface area (Å²) in [4.78, 5) is 22.2. The Hall–Kier alpha value is -2.15. The van der Waals surface area contributed by atoms with Crippen LogP contribution in [0.5, 0.6) is 0 Å². The van der Waals surface area contributed by atoms with Crippen LogP contribution < -0.4 is 11.1 Å². The second-order valence-electron chi connectivity index (χ2n) is 5.73. The number of nitrogens with zero attached hydrogens (tertiary/aromatic N) is 1. The number of aryl methyl sites for hydroxylation is 1. The standard InChI is InChI=1S/C14H21N3O4/c1-9-5-6-10(17(19)20)7-11(9)12(8-15)16-13(18)21-14(2,3)4/h5-7,12H,8,15H2,1-4H3,(H,16,18). The Kier molecular flexibility index (Phi) is 5.26. The molecule has 1 rings (SSSR count). The van der Waals surface area contributed by atoms with Crippen molar-refractivity contribution >= 4 is 11.8 Å². The molecule has 1 unspecified atom stereocenters. The van der Waals surface area contributed by atoms with Gasteiger partial charge in [-0.15, -0.1) is 0 Å². The first-order valence-corrected chi connectivity index (χ1v) is 6.58. The first-order chi connectivity index (χ1) is 9.64. The van der Waals surface area contributed by atoms with Gasteiger partial charge in [0.25, 0.3) is 5.69 Å². The van der Waals surface area contributed by atoms with Gasteiger partial charge in [-0.3, -0.25) is 10.1 Å². The second kappa shape index (κ2) is 6.53. The van der Waals surface area contributed by atoms with Crippen LogP contribution in [0.4, 0.5) is 10.5 Å². The summed E-state index contributed by atoms with van der Waals surface area (Å²) in [5, 5.41) is 13.5. The number of amides is 1. The highest BCUT2D eigenvalue weighted by atomic mass is 16.6. The molecule has 0 radical (unpaired) electrons. The fraction of sp³-hybridized carbons (Fsp3) is 0.500. The summed E-state index contributed by atoms with van der Waals surface area (Å²) in [5.41, 5.74) is 6.43. The predicted octanol–water partition coefficient (Wildman–Crippen LogP) is 2.43. The minimum Gasteiger partial charge on any atom is -0.444 e. The zero-order chi connectivity index (χ0) is 16.2. The Morgan fingerprint density at radius 2 is 2.10 bits per heavy atom. The van der Waals surface area contributed by atoms with Gasteiger partial charge < -0.3 is 15.8 Å². The molecule has 0 aliphatic heterocycles. The summed E-state index contributed by atoms with van der Waals surface area (Å²) in [6.07, 6.45) is -0.608. The van der Waals surface area contributed by atoms with Crippen LogP contribution in [-0.4, -0.2) is 23.2 Å². The van der Waals surface area contributed by atoms with Crippen LogP contribution in [0.25, 0.3) is 0 Å². The molecule has 0 aliphatic carbocycles. The molecule has 0 saturated carbocycles. The van der Waals surface area contributed by atoms with Gasteiger partial charge in [0.1, 0.15) is 5.60 Å². The van der Waals surface area contributed by atoms with Crippen molar-refractivity contribution in [3.8, 4) is 0 Å². The molecule has 21 heavy (non-hydrogen) atoms. The van der Waals surface area contributed by atoms with E-state index < -0.39 is 22.7 Å². The Bertz CT molecular complexity index is 538. The number of ether oxygens (including phenoxy) is 1. The molecule has 7 heteroatoms. The highest BCUT2D eigenvalue weighted by molar-refractivity contribution is 5.68. The lowest BCUT2D eigenvalue weighted by molar-refractivity contribution is -0.384. The zero-order valence-corrected chi connectivity index (χ0v) is 12.7. The normalized spacial score (nSPS) is 12.6. The molecule has 0 saturated heterocycles. The number of benzene rings is 1. The third-order valence-corrected chi connectivity index (χ3v) is 2.78. The van der Waals surface area contributed by atoms with E-state index >= 15 is 0 Å². The number of nitrogens with two attached hydrogens (primary N) is 1. The summed E-state index contributed by atoms with van der Waals surface area (Å²) >= 11 is 0. The van der Waals surface area contributed by atoms with Crippen molar-refractivity contribution in [1.82, 2.24) is 5.32 Å². The van der Waals surface area contributed by atoms with E-state index in [4.69, 9.17) is 10.5 Å². The maximum atomic E-state index is 11.8. The van der Waals surface area contributed by atoms with Crippen LogP contribution in [0.3, 0.4) is 0 Å². The summed E-state index contributed by atoms with van der Waals surface area (Å²) in [6, 6.07) is 3.93. The molecule has 0 aliphatic rings. The van der Waals surface area contributed by atoms with Crippen molar-refractivity contribution in [2.24, 2.45) is 5.73 Å². The molecule has 1 aromatic rings. The van der Waals surface area contributed by atoms with Crippen LogP contribution in [0.15, 0.2) is 18.2 Å². The van der Waals surface area contributed by atoms with Crippen molar-refractivity contribution < 1.29 is 14.5 Å². The Morgan fingerprint density at radius 3 is 2.57 bits per heavy atom. The molecule has 7 nitrogen and oxygen atoms in total. The molecular weight excluding hydrogens is 274 g/mol. The minimum absolute atomic E-state index is 0.0416. The quantitative estimate of drug-likeness (QED) is 0.655.